The van der Waals surface area contributed by atoms with Crippen LogP contribution < -0.4 is 5.32 Å². The molecule has 0 saturated heterocycles. The smallest absolute Gasteiger partial charge is 0.220 e. The molecule has 0 heterocycles. The van der Waals surface area contributed by atoms with Gasteiger partial charge in [0.15, 0.2) is 0 Å². The summed E-state index contributed by atoms with van der Waals surface area (Å²) in [5, 5.41) is 13.7. The Balaban J connectivity index is 1.49. The average Bonchev–Trinajstić information content (AvgIpc) is 2.54. The summed E-state index contributed by atoms with van der Waals surface area (Å²) in [5.41, 5.74) is 1.77. The Hall–Kier alpha value is -1.35. The lowest BCUT2D eigenvalue weighted by Crippen LogP contribution is -2.47. The molecule has 1 fully saturated rings. The second-order valence-corrected chi connectivity index (χ2v) is 7.15. The number of aryl methyl sites for hydroxylation is 1. The van der Waals surface area contributed by atoms with Crippen LogP contribution >= 0.6 is 0 Å². The maximum absolute atomic E-state index is 12.1. The van der Waals surface area contributed by atoms with Crippen molar-refractivity contribution in [3.8, 4) is 0 Å². The molecule has 22 heavy (non-hydrogen) atoms. The van der Waals surface area contributed by atoms with Crippen molar-refractivity contribution in [1.29, 1.82) is 0 Å². The monoisotopic (exact) mass is 301 g/mol. The van der Waals surface area contributed by atoms with Crippen molar-refractivity contribution >= 4 is 5.91 Å². The van der Waals surface area contributed by atoms with E-state index in [2.05, 4.69) is 23.5 Å². The third kappa shape index (κ3) is 3.89. The molecular formula is C19H27NO2. The number of hydrogen-bond donors (Lipinski definition) is 2. The summed E-state index contributed by atoms with van der Waals surface area (Å²) in [5.74, 6) is 0.662. The van der Waals surface area contributed by atoms with E-state index >= 15 is 0 Å². The Kier molecular flexibility index (Phi) is 4.82. The SMILES string of the molecule is O=C(CC1CCCCC1)NCC1(O)CCc2ccccc2C1. The minimum atomic E-state index is -0.781. The van der Waals surface area contributed by atoms with Crippen molar-refractivity contribution in [2.75, 3.05) is 6.54 Å². The number of nitrogens with one attached hydrogen (secondary N) is 1. The van der Waals surface area contributed by atoms with Gasteiger partial charge in [-0.25, -0.2) is 0 Å². The van der Waals surface area contributed by atoms with Gasteiger partial charge in [0, 0.05) is 19.4 Å². The molecule has 2 aliphatic rings. The van der Waals surface area contributed by atoms with Gasteiger partial charge < -0.3 is 10.4 Å². The summed E-state index contributed by atoms with van der Waals surface area (Å²) < 4.78 is 0. The highest BCUT2D eigenvalue weighted by molar-refractivity contribution is 5.76. The van der Waals surface area contributed by atoms with Crippen molar-refractivity contribution < 1.29 is 9.90 Å². The first-order valence-corrected chi connectivity index (χ1v) is 8.70. The fourth-order valence-electron chi connectivity index (χ4n) is 3.92. The predicted octanol–water partition coefficient (Wildman–Crippen LogP) is 2.99. The second-order valence-electron chi connectivity index (χ2n) is 7.15. The Morgan fingerprint density at radius 2 is 1.91 bits per heavy atom. The number of rotatable bonds is 4. The molecule has 1 aromatic rings. The van der Waals surface area contributed by atoms with Gasteiger partial charge in [0.1, 0.15) is 0 Å². The third-order valence-electron chi connectivity index (χ3n) is 5.31. The van der Waals surface area contributed by atoms with E-state index in [9.17, 15) is 9.90 Å². The van der Waals surface area contributed by atoms with E-state index < -0.39 is 5.60 Å². The fourth-order valence-corrected chi connectivity index (χ4v) is 3.92. The highest BCUT2D eigenvalue weighted by Gasteiger charge is 2.32. The molecule has 0 aliphatic heterocycles. The van der Waals surface area contributed by atoms with E-state index in [4.69, 9.17) is 0 Å². The molecule has 1 saturated carbocycles. The average molecular weight is 301 g/mol. The van der Waals surface area contributed by atoms with Crippen LogP contribution in [-0.2, 0) is 17.6 Å². The first kappa shape index (κ1) is 15.5. The van der Waals surface area contributed by atoms with Gasteiger partial charge in [-0.15, -0.1) is 0 Å². The molecular weight excluding hydrogens is 274 g/mol. The third-order valence-corrected chi connectivity index (χ3v) is 5.31. The van der Waals surface area contributed by atoms with Crippen LogP contribution in [0.4, 0.5) is 0 Å². The number of fused-ring (bicyclic) bond motifs is 1. The minimum Gasteiger partial charge on any atom is -0.388 e. The molecule has 1 aromatic carbocycles. The van der Waals surface area contributed by atoms with Crippen LogP contribution in [0.3, 0.4) is 0 Å². The molecule has 120 valence electrons. The molecule has 3 heteroatoms. The Bertz CT molecular complexity index is 522. The molecule has 1 amide bonds. The lowest BCUT2D eigenvalue weighted by Gasteiger charge is -2.34. The highest BCUT2D eigenvalue weighted by atomic mass is 16.3. The number of carbonyl (C=O) groups is 1. The van der Waals surface area contributed by atoms with Gasteiger partial charge in [-0.3, -0.25) is 4.79 Å². The normalized spacial score (nSPS) is 25.5. The molecule has 2 aliphatic carbocycles. The van der Waals surface area contributed by atoms with E-state index in [-0.39, 0.29) is 5.91 Å². The number of aliphatic hydroxyl groups is 1. The van der Waals surface area contributed by atoms with E-state index in [0.717, 1.165) is 12.8 Å². The second kappa shape index (κ2) is 6.82. The molecule has 0 aromatic heterocycles. The summed E-state index contributed by atoms with van der Waals surface area (Å²) in [7, 11) is 0. The van der Waals surface area contributed by atoms with Crippen LogP contribution in [0, 0.1) is 5.92 Å². The van der Waals surface area contributed by atoms with Crippen molar-refractivity contribution in [3.05, 3.63) is 35.4 Å². The topological polar surface area (TPSA) is 49.3 Å². The number of amides is 1. The quantitative estimate of drug-likeness (QED) is 0.898. The molecule has 0 bridgehead atoms. The summed E-state index contributed by atoms with van der Waals surface area (Å²) in [6, 6.07) is 8.29. The molecule has 3 rings (SSSR count). The highest BCUT2D eigenvalue weighted by Crippen LogP contribution is 2.29. The van der Waals surface area contributed by atoms with Crippen molar-refractivity contribution in [3.63, 3.8) is 0 Å². The summed E-state index contributed by atoms with van der Waals surface area (Å²) in [4.78, 5) is 12.1. The first-order chi connectivity index (χ1) is 10.6. The van der Waals surface area contributed by atoms with Crippen molar-refractivity contribution in [2.45, 2.75) is 63.4 Å². The van der Waals surface area contributed by atoms with Gasteiger partial charge in [-0.05, 0) is 42.7 Å². The van der Waals surface area contributed by atoms with Crippen LogP contribution in [0.5, 0.6) is 0 Å². The molecule has 1 atom stereocenters. The molecule has 0 radical (unpaired) electrons. The van der Waals surface area contributed by atoms with Crippen LogP contribution in [0.2, 0.25) is 0 Å². The van der Waals surface area contributed by atoms with Gasteiger partial charge in [0.05, 0.1) is 5.60 Å². The summed E-state index contributed by atoms with van der Waals surface area (Å²) in [6.07, 6.45) is 9.11. The van der Waals surface area contributed by atoms with E-state index in [0.29, 0.717) is 25.3 Å². The summed E-state index contributed by atoms with van der Waals surface area (Å²) in [6.45, 7) is 0.382. The Morgan fingerprint density at radius 3 is 2.68 bits per heavy atom. The maximum atomic E-state index is 12.1. The van der Waals surface area contributed by atoms with E-state index in [1.165, 1.54) is 43.2 Å². The predicted molar refractivity (Wildman–Crippen MR) is 87.6 cm³/mol. The number of carbonyl (C=O) groups excluding carboxylic acids is 1. The van der Waals surface area contributed by atoms with Crippen molar-refractivity contribution in [1.82, 2.24) is 5.32 Å². The maximum Gasteiger partial charge on any atom is 0.220 e. The fraction of sp³-hybridized carbons (Fsp3) is 0.632. The zero-order valence-electron chi connectivity index (χ0n) is 13.3. The zero-order chi connectivity index (χ0) is 15.4. The summed E-state index contributed by atoms with van der Waals surface area (Å²) >= 11 is 0. The van der Waals surface area contributed by atoms with Crippen LogP contribution in [0.15, 0.2) is 24.3 Å². The van der Waals surface area contributed by atoms with Gasteiger partial charge in [-0.1, -0.05) is 43.5 Å². The number of hydrogen-bond acceptors (Lipinski definition) is 2. The minimum absolute atomic E-state index is 0.110. The molecule has 0 spiro atoms. The van der Waals surface area contributed by atoms with Crippen LogP contribution in [0.1, 0.15) is 56.1 Å². The van der Waals surface area contributed by atoms with Gasteiger partial charge in [-0.2, -0.15) is 0 Å². The largest absolute Gasteiger partial charge is 0.388 e. The molecule has 2 N–H and O–H groups in total. The Labute approximate surface area is 133 Å². The van der Waals surface area contributed by atoms with Crippen LogP contribution in [0.25, 0.3) is 0 Å². The van der Waals surface area contributed by atoms with Crippen molar-refractivity contribution in [2.24, 2.45) is 5.92 Å². The zero-order valence-corrected chi connectivity index (χ0v) is 13.3. The standard InChI is InChI=1S/C19H27NO2/c21-18(12-15-6-2-1-3-7-15)20-14-19(22)11-10-16-8-4-5-9-17(16)13-19/h4-5,8-9,15,22H,1-3,6-7,10-14H2,(H,20,21). The lowest BCUT2D eigenvalue weighted by atomic mass is 9.80. The van der Waals surface area contributed by atoms with Gasteiger partial charge in [0.2, 0.25) is 5.91 Å². The first-order valence-electron chi connectivity index (χ1n) is 8.70. The van der Waals surface area contributed by atoms with E-state index in [1.807, 2.05) is 6.07 Å². The van der Waals surface area contributed by atoms with Gasteiger partial charge in [0.25, 0.3) is 0 Å². The number of benzene rings is 1. The Morgan fingerprint density at radius 1 is 1.18 bits per heavy atom. The lowest BCUT2D eigenvalue weighted by molar-refractivity contribution is -0.123. The van der Waals surface area contributed by atoms with E-state index in [1.54, 1.807) is 0 Å². The van der Waals surface area contributed by atoms with Gasteiger partial charge >= 0.3 is 0 Å². The molecule has 1 unspecified atom stereocenters. The van der Waals surface area contributed by atoms with Crippen LogP contribution in [-0.4, -0.2) is 23.2 Å². The molecule has 3 nitrogen and oxygen atoms in total.